The van der Waals surface area contributed by atoms with E-state index in [1.807, 2.05) is 13.1 Å². The number of hydrogen-bond acceptors (Lipinski definition) is 6. The SMILES string of the molecule is COc1c2c(cc3c1[C@H](CC(=O)c1ccc(NC(C)=O)cc1)N(C)CC3)OCO2. The van der Waals surface area contributed by atoms with Crippen LogP contribution in [0.3, 0.4) is 0 Å². The number of carbonyl (C=O) groups is 2. The van der Waals surface area contributed by atoms with E-state index in [0.29, 0.717) is 34.9 Å². The number of likely N-dealkylation sites (N-methyl/N-ethyl adjacent to an activating group) is 1. The Labute approximate surface area is 169 Å². The summed E-state index contributed by atoms with van der Waals surface area (Å²) in [6.07, 6.45) is 1.17. The summed E-state index contributed by atoms with van der Waals surface area (Å²) in [5.74, 6) is 1.85. The molecule has 2 heterocycles. The minimum absolute atomic E-state index is 0.0313. The van der Waals surface area contributed by atoms with E-state index in [4.69, 9.17) is 14.2 Å². The first-order chi connectivity index (χ1) is 14.0. The number of anilines is 1. The second-order valence-corrected chi connectivity index (χ2v) is 7.35. The third-order valence-corrected chi connectivity index (χ3v) is 5.45. The fourth-order valence-electron chi connectivity index (χ4n) is 4.02. The summed E-state index contributed by atoms with van der Waals surface area (Å²) in [5.41, 5.74) is 3.40. The smallest absolute Gasteiger partial charge is 0.231 e. The average molecular weight is 396 g/mol. The first-order valence-corrected chi connectivity index (χ1v) is 9.58. The predicted octanol–water partition coefficient (Wildman–Crippen LogP) is 3.18. The van der Waals surface area contributed by atoms with Crippen LogP contribution in [-0.4, -0.2) is 44.1 Å². The van der Waals surface area contributed by atoms with Crippen LogP contribution in [0.15, 0.2) is 30.3 Å². The van der Waals surface area contributed by atoms with Gasteiger partial charge in [0, 0.05) is 42.7 Å². The monoisotopic (exact) mass is 396 g/mol. The quantitative estimate of drug-likeness (QED) is 0.783. The lowest BCUT2D eigenvalue weighted by Gasteiger charge is -2.35. The predicted molar refractivity (Wildman–Crippen MR) is 108 cm³/mol. The number of methoxy groups -OCH3 is 1. The summed E-state index contributed by atoms with van der Waals surface area (Å²) in [5, 5.41) is 2.71. The van der Waals surface area contributed by atoms with E-state index >= 15 is 0 Å². The average Bonchev–Trinajstić information content (AvgIpc) is 3.16. The highest BCUT2D eigenvalue weighted by Gasteiger charge is 2.35. The third kappa shape index (κ3) is 3.65. The number of nitrogens with one attached hydrogen (secondary N) is 1. The Morgan fingerprint density at radius 2 is 2.00 bits per heavy atom. The van der Waals surface area contributed by atoms with Crippen LogP contribution in [0.2, 0.25) is 0 Å². The lowest BCUT2D eigenvalue weighted by molar-refractivity contribution is -0.114. The Balaban J connectivity index is 1.63. The molecule has 0 unspecified atom stereocenters. The van der Waals surface area contributed by atoms with E-state index in [1.165, 1.54) is 6.92 Å². The van der Waals surface area contributed by atoms with Crippen molar-refractivity contribution in [1.82, 2.24) is 4.90 Å². The topological polar surface area (TPSA) is 77.1 Å². The van der Waals surface area contributed by atoms with Crippen molar-refractivity contribution in [1.29, 1.82) is 0 Å². The fraction of sp³-hybridized carbons (Fsp3) is 0.364. The molecule has 0 bridgehead atoms. The van der Waals surface area contributed by atoms with E-state index in [9.17, 15) is 9.59 Å². The Morgan fingerprint density at radius 3 is 2.69 bits per heavy atom. The van der Waals surface area contributed by atoms with Crippen LogP contribution in [0.25, 0.3) is 0 Å². The molecular formula is C22H24N2O5. The van der Waals surface area contributed by atoms with Crippen LogP contribution >= 0.6 is 0 Å². The molecule has 4 rings (SSSR count). The van der Waals surface area contributed by atoms with Gasteiger partial charge >= 0.3 is 0 Å². The molecule has 0 saturated heterocycles. The zero-order chi connectivity index (χ0) is 20.5. The highest BCUT2D eigenvalue weighted by atomic mass is 16.7. The zero-order valence-corrected chi connectivity index (χ0v) is 16.8. The lowest BCUT2D eigenvalue weighted by Crippen LogP contribution is -2.34. The maximum Gasteiger partial charge on any atom is 0.231 e. The second-order valence-electron chi connectivity index (χ2n) is 7.35. The molecule has 152 valence electrons. The molecule has 2 aromatic carbocycles. The fourth-order valence-corrected chi connectivity index (χ4v) is 4.02. The second kappa shape index (κ2) is 7.75. The normalized spacial score (nSPS) is 17.6. The van der Waals surface area contributed by atoms with Gasteiger partial charge in [-0.3, -0.25) is 14.5 Å². The summed E-state index contributed by atoms with van der Waals surface area (Å²) in [6.45, 7) is 2.47. The van der Waals surface area contributed by atoms with Crippen LogP contribution in [0.1, 0.15) is 40.9 Å². The molecule has 2 aromatic rings. The van der Waals surface area contributed by atoms with Crippen LogP contribution in [-0.2, 0) is 11.2 Å². The Bertz CT molecular complexity index is 955. The van der Waals surface area contributed by atoms with Crippen molar-refractivity contribution in [3.05, 3.63) is 47.0 Å². The van der Waals surface area contributed by atoms with Gasteiger partial charge in [-0.25, -0.2) is 0 Å². The molecule has 0 radical (unpaired) electrons. The largest absolute Gasteiger partial charge is 0.492 e. The van der Waals surface area contributed by atoms with Gasteiger partial charge in [-0.15, -0.1) is 0 Å². The number of benzene rings is 2. The van der Waals surface area contributed by atoms with E-state index in [0.717, 1.165) is 24.1 Å². The number of carbonyl (C=O) groups excluding carboxylic acids is 2. The van der Waals surface area contributed by atoms with Gasteiger partial charge in [0.15, 0.2) is 17.3 Å². The standard InChI is InChI=1S/C22H24N2O5/c1-13(25)23-16-6-4-14(5-7-16)18(26)11-17-20-15(8-9-24(17)2)10-19-21(22(20)27-3)29-12-28-19/h4-7,10,17H,8-9,11-12H2,1-3H3,(H,23,25)/t17-/m0/s1. The molecule has 29 heavy (non-hydrogen) atoms. The van der Waals surface area contributed by atoms with Crippen molar-refractivity contribution in [3.8, 4) is 17.2 Å². The van der Waals surface area contributed by atoms with Crippen molar-refractivity contribution >= 4 is 17.4 Å². The Hall–Kier alpha value is -3.06. The highest BCUT2D eigenvalue weighted by Crippen LogP contribution is 2.50. The van der Waals surface area contributed by atoms with Crippen LogP contribution in [0.5, 0.6) is 17.2 Å². The molecule has 1 amide bonds. The summed E-state index contributed by atoms with van der Waals surface area (Å²) >= 11 is 0. The van der Waals surface area contributed by atoms with Gasteiger partial charge in [0.25, 0.3) is 0 Å². The first kappa shape index (κ1) is 19.3. The number of rotatable bonds is 5. The van der Waals surface area contributed by atoms with Crippen LogP contribution < -0.4 is 19.5 Å². The van der Waals surface area contributed by atoms with Crippen molar-refractivity contribution in [2.45, 2.75) is 25.8 Å². The molecule has 0 aliphatic carbocycles. The minimum atomic E-state index is -0.143. The van der Waals surface area contributed by atoms with Crippen molar-refractivity contribution in [3.63, 3.8) is 0 Å². The molecule has 2 aliphatic rings. The number of Topliss-reactive ketones (excluding diaryl/α,β-unsaturated/α-hetero) is 1. The van der Waals surface area contributed by atoms with Crippen LogP contribution in [0, 0.1) is 0 Å². The number of amides is 1. The van der Waals surface area contributed by atoms with Gasteiger partial charge < -0.3 is 19.5 Å². The summed E-state index contributed by atoms with van der Waals surface area (Å²) < 4.78 is 16.9. The van der Waals surface area contributed by atoms with Gasteiger partial charge in [-0.2, -0.15) is 0 Å². The maximum atomic E-state index is 13.0. The van der Waals surface area contributed by atoms with Crippen molar-refractivity contribution < 1.29 is 23.8 Å². The first-order valence-electron chi connectivity index (χ1n) is 9.58. The number of hydrogen-bond donors (Lipinski definition) is 1. The summed E-state index contributed by atoms with van der Waals surface area (Å²) in [6, 6.07) is 8.86. The Kier molecular flexibility index (Phi) is 5.15. The third-order valence-electron chi connectivity index (χ3n) is 5.45. The number of fused-ring (bicyclic) bond motifs is 2. The molecule has 7 nitrogen and oxygen atoms in total. The highest BCUT2D eigenvalue weighted by molar-refractivity contribution is 5.97. The number of ether oxygens (including phenoxy) is 3. The molecule has 1 N–H and O–H groups in total. The number of ketones is 1. The lowest BCUT2D eigenvalue weighted by atomic mass is 9.87. The molecule has 0 spiro atoms. The van der Waals surface area contributed by atoms with Gasteiger partial charge in [0.1, 0.15) is 0 Å². The molecule has 1 atom stereocenters. The van der Waals surface area contributed by atoms with E-state index in [2.05, 4.69) is 10.2 Å². The molecule has 0 aromatic heterocycles. The van der Waals surface area contributed by atoms with Gasteiger partial charge in [-0.05, 0) is 49.4 Å². The molecule has 7 heteroatoms. The van der Waals surface area contributed by atoms with Crippen LogP contribution in [0.4, 0.5) is 5.69 Å². The Morgan fingerprint density at radius 1 is 1.24 bits per heavy atom. The van der Waals surface area contributed by atoms with E-state index in [-0.39, 0.29) is 24.5 Å². The molecule has 2 aliphatic heterocycles. The van der Waals surface area contributed by atoms with Gasteiger partial charge in [0.2, 0.25) is 18.4 Å². The summed E-state index contributed by atoms with van der Waals surface area (Å²) in [7, 11) is 3.64. The molecular weight excluding hydrogens is 372 g/mol. The van der Waals surface area contributed by atoms with E-state index < -0.39 is 0 Å². The minimum Gasteiger partial charge on any atom is -0.492 e. The zero-order valence-electron chi connectivity index (χ0n) is 16.8. The van der Waals surface area contributed by atoms with Crippen molar-refractivity contribution in [2.24, 2.45) is 0 Å². The van der Waals surface area contributed by atoms with Gasteiger partial charge in [-0.1, -0.05) is 0 Å². The molecule has 0 fully saturated rings. The van der Waals surface area contributed by atoms with E-state index in [1.54, 1.807) is 31.4 Å². The molecule has 0 saturated carbocycles. The van der Waals surface area contributed by atoms with Gasteiger partial charge in [0.05, 0.1) is 7.11 Å². The maximum absolute atomic E-state index is 13.0. The number of nitrogens with zero attached hydrogens (tertiary/aromatic N) is 1. The van der Waals surface area contributed by atoms with Crippen molar-refractivity contribution in [2.75, 3.05) is 32.8 Å². The summed E-state index contributed by atoms with van der Waals surface area (Å²) in [4.78, 5) is 26.4.